The Kier molecular flexibility index (Phi) is 7.55. The van der Waals surface area contributed by atoms with Crippen molar-refractivity contribution in [3.8, 4) is 0 Å². The number of nitrogens with zero attached hydrogens (tertiary/aromatic N) is 2. The van der Waals surface area contributed by atoms with E-state index in [2.05, 4.69) is 10.5 Å². The number of carbonyl (C=O) groups is 1. The van der Waals surface area contributed by atoms with Crippen molar-refractivity contribution in [2.75, 3.05) is 0 Å². The molecule has 1 N–H and O–H groups in total. The Morgan fingerprint density at radius 3 is 2.37 bits per heavy atom. The SMILES string of the molecule is CCC(=CC(N=O)C(NC(C)=O)[N+](=O)[O-])CC(C)C. The highest BCUT2D eigenvalue weighted by Crippen LogP contribution is 2.17. The highest BCUT2D eigenvalue weighted by molar-refractivity contribution is 5.73. The molecule has 0 aliphatic carbocycles. The van der Waals surface area contributed by atoms with Crippen LogP contribution in [0.4, 0.5) is 0 Å². The van der Waals surface area contributed by atoms with E-state index in [9.17, 15) is 19.8 Å². The van der Waals surface area contributed by atoms with Gasteiger partial charge in [-0.15, -0.1) is 4.91 Å². The molecule has 7 nitrogen and oxygen atoms in total. The maximum atomic E-state index is 10.9. The number of nitroso groups, excluding NO2 is 1. The molecule has 0 fully saturated rings. The molecule has 0 saturated heterocycles. The van der Waals surface area contributed by atoms with Crippen molar-refractivity contribution in [1.82, 2.24) is 5.32 Å². The van der Waals surface area contributed by atoms with E-state index in [4.69, 9.17) is 0 Å². The zero-order chi connectivity index (χ0) is 15.0. The third kappa shape index (κ3) is 6.64. The average molecular weight is 271 g/mol. The lowest BCUT2D eigenvalue weighted by Crippen LogP contribution is -2.46. The first-order valence-corrected chi connectivity index (χ1v) is 6.24. The van der Waals surface area contributed by atoms with Gasteiger partial charge in [0.05, 0.1) is 0 Å². The van der Waals surface area contributed by atoms with E-state index in [0.717, 1.165) is 18.9 Å². The van der Waals surface area contributed by atoms with E-state index >= 15 is 0 Å². The second kappa shape index (κ2) is 8.34. The fourth-order valence-corrected chi connectivity index (χ4v) is 1.75. The van der Waals surface area contributed by atoms with Crippen LogP contribution in [0, 0.1) is 20.9 Å². The molecule has 0 saturated carbocycles. The van der Waals surface area contributed by atoms with Gasteiger partial charge in [0.2, 0.25) is 5.91 Å². The fourth-order valence-electron chi connectivity index (χ4n) is 1.75. The van der Waals surface area contributed by atoms with Crippen LogP contribution in [0.25, 0.3) is 0 Å². The summed E-state index contributed by atoms with van der Waals surface area (Å²) in [6, 6.07) is -1.19. The molecule has 0 aliphatic rings. The van der Waals surface area contributed by atoms with E-state index in [1.165, 1.54) is 6.08 Å². The molecule has 0 radical (unpaired) electrons. The van der Waals surface area contributed by atoms with Crippen molar-refractivity contribution in [2.45, 2.75) is 52.7 Å². The molecular weight excluding hydrogens is 250 g/mol. The number of rotatable bonds is 8. The summed E-state index contributed by atoms with van der Waals surface area (Å²) < 4.78 is 0. The average Bonchev–Trinajstić information content (AvgIpc) is 2.30. The normalized spacial score (nSPS) is 14.9. The van der Waals surface area contributed by atoms with E-state index in [-0.39, 0.29) is 0 Å². The number of nitro groups is 1. The van der Waals surface area contributed by atoms with Gasteiger partial charge in [-0.1, -0.05) is 31.5 Å². The first-order valence-electron chi connectivity index (χ1n) is 6.24. The monoisotopic (exact) mass is 271 g/mol. The van der Waals surface area contributed by atoms with Gasteiger partial charge < -0.3 is 0 Å². The molecule has 2 atom stereocenters. The van der Waals surface area contributed by atoms with Gasteiger partial charge in [-0.25, -0.2) is 0 Å². The van der Waals surface area contributed by atoms with Crippen molar-refractivity contribution in [1.29, 1.82) is 0 Å². The van der Waals surface area contributed by atoms with Crippen LogP contribution in [0.5, 0.6) is 0 Å². The maximum absolute atomic E-state index is 10.9. The topological polar surface area (TPSA) is 102 Å². The van der Waals surface area contributed by atoms with E-state index in [1.807, 2.05) is 20.8 Å². The van der Waals surface area contributed by atoms with Crippen LogP contribution >= 0.6 is 0 Å². The van der Waals surface area contributed by atoms with Crippen LogP contribution < -0.4 is 5.32 Å². The zero-order valence-electron chi connectivity index (χ0n) is 11.8. The largest absolute Gasteiger partial charge is 0.316 e. The fraction of sp³-hybridized carbons (Fsp3) is 0.750. The molecule has 7 heteroatoms. The molecule has 0 bridgehead atoms. The van der Waals surface area contributed by atoms with Crippen molar-refractivity contribution in [3.63, 3.8) is 0 Å². The van der Waals surface area contributed by atoms with Crippen LogP contribution in [0.3, 0.4) is 0 Å². The lowest BCUT2D eigenvalue weighted by atomic mass is 9.98. The minimum atomic E-state index is -1.51. The Morgan fingerprint density at radius 1 is 1.47 bits per heavy atom. The van der Waals surface area contributed by atoms with E-state index in [1.54, 1.807) is 0 Å². The molecule has 0 aliphatic heterocycles. The molecule has 0 heterocycles. The Morgan fingerprint density at radius 2 is 2.05 bits per heavy atom. The number of amides is 1. The van der Waals surface area contributed by atoms with Gasteiger partial charge in [-0.05, 0) is 24.8 Å². The first-order chi connectivity index (χ1) is 8.81. The lowest BCUT2D eigenvalue weighted by Gasteiger charge is -2.15. The Hall–Kier alpha value is -1.79. The van der Waals surface area contributed by atoms with Gasteiger partial charge in [-0.2, -0.15) is 0 Å². The second-order valence-electron chi connectivity index (χ2n) is 4.80. The zero-order valence-corrected chi connectivity index (χ0v) is 11.8. The summed E-state index contributed by atoms with van der Waals surface area (Å²) in [6.45, 7) is 7.11. The number of carbonyl (C=O) groups excluding carboxylic acids is 1. The van der Waals surface area contributed by atoms with Crippen molar-refractivity contribution in [2.24, 2.45) is 11.1 Å². The van der Waals surface area contributed by atoms with Crippen molar-refractivity contribution in [3.05, 3.63) is 26.7 Å². The van der Waals surface area contributed by atoms with Crippen molar-refractivity contribution >= 4 is 5.91 Å². The molecule has 19 heavy (non-hydrogen) atoms. The van der Waals surface area contributed by atoms with Gasteiger partial charge in [0.15, 0.2) is 6.04 Å². The summed E-state index contributed by atoms with van der Waals surface area (Å²) in [5.74, 6) is -0.181. The molecule has 108 valence electrons. The highest BCUT2D eigenvalue weighted by atomic mass is 16.6. The minimum absolute atomic E-state index is 0.383. The van der Waals surface area contributed by atoms with E-state index < -0.39 is 23.0 Å². The van der Waals surface area contributed by atoms with E-state index in [0.29, 0.717) is 12.3 Å². The standard InChI is InChI=1S/C12H21N3O4/c1-5-10(6-8(2)3)7-11(14-17)12(15(18)19)13-9(4)16/h7-8,11-12H,5-6H2,1-4H3,(H,13,16). The summed E-state index contributed by atoms with van der Waals surface area (Å²) in [5.41, 5.74) is 0.928. The summed E-state index contributed by atoms with van der Waals surface area (Å²) in [7, 11) is 0. The number of hydrogen-bond acceptors (Lipinski definition) is 5. The summed E-state index contributed by atoms with van der Waals surface area (Å²) in [6.07, 6.45) is 1.42. The molecule has 0 aromatic heterocycles. The Balaban J connectivity index is 5.12. The lowest BCUT2D eigenvalue weighted by molar-refractivity contribution is -0.528. The minimum Gasteiger partial charge on any atom is -0.292 e. The highest BCUT2D eigenvalue weighted by Gasteiger charge is 2.32. The van der Waals surface area contributed by atoms with Gasteiger partial charge in [-0.3, -0.25) is 20.2 Å². The molecule has 0 aromatic carbocycles. The summed E-state index contributed by atoms with van der Waals surface area (Å²) in [5, 5.41) is 15.8. The molecule has 0 aromatic rings. The third-order valence-corrected chi connectivity index (χ3v) is 2.55. The van der Waals surface area contributed by atoms with Gasteiger partial charge in [0.1, 0.15) is 0 Å². The van der Waals surface area contributed by atoms with Crippen LogP contribution in [0.1, 0.15) is 40.5 Å². The Bertz CT molecular complexity index is 366. The predicted octanol–water partition coefficient (Wildman–Crippen LogP) is 2.24. The smallest absolute Gasteiger partial charge is 0.292 e. The van der Waals surface area contributed by atoms with Crippen LogP contribution in [0.15, 0.2) is 16.8 Å². The maximum Gasteiger partial charge on any atom is 0.316 e. The van der Waals surface area contributed by atoms with Crippen molar-refractivity contribution < 1.29 is 9.72 Å². The summed E-state index contributed by atoms with van der Waals surface area (Å²) >= 11 is 0. The second-order valence-corrected chi connectivity index (χ2v) is 4.80. The van der Waals surface area contributed by atoms with Crippen LogP contribution in [-0.2, 0) is 4.79 Å². The first kappa shape index (κ1) is 17.2. The van der Waals surface area contributed by atoms with Gasteiger partial charge >= 0.3 is 6.17 Å². The number of nitrogens with one attached hydrogen (secondary N) is 1. The summed E-state index contributed by atoms with van der Waals surface area (Å²) in [4.78, 5) is 31.9. The quantitative estimate of drug-likeness (QED) is 0.240. The van der Waals surface area contributed by atoms with Crippen LogP contribution in [0.2, 0.25) is 0 Å². The number of hydrogen-bond donors (Lipinski definition) is 1. The van der Waals surface area contributed by atoms with Gasteiger partial charge in [0, 0.05) is 11.8 Å². The molecule has 1 amide bonds. The van der Waals surface area contributed by atoms with Gasteiger partial charge in [0.25, 0.3) is 0 Å². The number of allylic oxidation sites excluding steroid dienone is 1. The molecular formula is C12H21N3O4. The van der Waals surface area contributed by atoms with Crippen LogP contribution in [-0.4, -0.2) is 23.0 Å². The Labute approximate surface area is 112 Å². The molecule has 0 rings (SSSR count). The molecule has 2 unspecified atom stereocenters. The molecule has 0 spiro atoms. The third-order valence-electron chi connectivity index (χ3n) is 2.55. The predicted molar refractivity (Wildman–Crippen MR) is 72.0 cm³/mol.